The van der Waals surface area contributed by atoms with Gasteiger partial charge >= 0.3 is 0 Å². The molecule has 0 bridgehead atoms. The van der Waals surface area contributed by atoms with Crippen LogP contribution in [0, 0.1) is 20.8 Å². The summed E-state index contributed by atoms with van der Waals surface area (Å²) in [7, 11) is 1.60. The van der Waals surface area contributed by atoms with Gasteiger partial charge in [0.15, 0.2) is 0 Å². The molecule has 0 aromatic heterocycles. The fraction of sp³-hybridized carbons (Fsp3) is 0.316. The van der Waals surface area contributed by atoms with E-state index in [1.54, 1.807) is 19.2 Å². The Morgan fingerprint density at radius 3 is 2.41 bits per heavy atom. The van der Waals surface area contributed by atoms with Crippen LogP contribution in [-0.2, 0) is 0 Å². The lowest BCUT2D eigenvalue weighted by atomic mass is 9.96. The second-order valence-corrected chi connectivity index (χ2v) is 5.72. The van der Waals surface area contributed by atoms with Crippen molar-refractivity contribution in [2.75, 3.05) is 7.11 Å². The lowest BCUT2D eigenvalue weighted by Crippen LogP contribution is -2.27. The zero-order valence-corrected chi connectivity index (χ0v) is 13.9. The quantitative estimate of drug-likeness (QED) is 0.922. The van der Waals surface area contributed by atoms with Gasteiger partial charge in [-0.05, 0) is 68.1 Å². The summed E-state index contributed by atoms with van der Waals surface area (Å²) in [6.07, 6.45) is 0. The summed E-state index contributed by atoms with van der Waals surface area (Å²) >= 11 is 0. The van der Waals surface area contributed by atoms with E-state index < -0.39 is 0 Å². The normalized spacial score (nSPS) is 11.9. The van der Waals surface area contributed by atoms with E-state index in [1.807, 2.05) is 19.1 Å². The van der Waals surface area contributed by atoms with Crippen LogP contribution in [0.5, 0.6) is 5.75 Å². The first-order valence-corrected chi connectivity index (χ1v) is 7.45. The average Bonchev–Trinajstić information content (AvgIpc) is 2.50. The van der Waals surface area contributed by atoms with Gasteiger partial charge in [0.1, 0.15) is 5.75 Å². The van der Waals surface area contributed by atoms with Gasteiger partial charge < -0.3 is 10.1 Å². The average molecular weight is 297 g/mol. The highest BCUT2D eigenvalue weighted by Gasteiger charge is 2.14. The zero-order valence-electron chi connectivity index (χ0n) is 13.9. The van der Waals surface area contributed by atoms with Crippen molar-refractivity contribution >= 4 is 5.91 Å². The molecule has 0 unspecified atom stereocenters. The molecule has 0 aliphatic heterocycles. The van der Waals surface area contributed by atoms with E-state index in [0.29, 0.717) is 11.3 Å². The minimum atomic E-state index is -0.0935. The summed E-state index contributed by atoms with van der Waals surface area (Å²) in [5.41, 5.74) is 5.46. The van der Waals surface area contributed by atoms with E-state index in [4.69, 9.17) is 4.74 Å². The smallest absolute Gasteiger partial charge is 0.251 e. The Hall–Kier alpha value is -2.29. The molecule has 2 rings (SSSR count). The van der Waals surface area contributed by atoms with Crippen LogP contribution < -0.4 is 10.1 Å². The number of hydrogen-bond acceptors (Lipinski definition) is 2. The van der Waals surface area contributed by atoms with E-state index in [-0.39, 0.29) is 11.9 Å². The van der Waals surface area contributed by atoms with Crippen molar-refractivity contribution in [2.24, 2.45) is 0 Å². The van der Waals surface area contributed by atoms with Gasteiger partial charge in [0.2, 0.25) is 0 Å². The number of ether oxygens (including phenoxy) is 1. The van der Waals surface area contributed by atoms with E-state index in [9.17, 15) is 4.79 Å². The van der Waals surface area contributed by atoms with Gasteiger partial charge in [0, 0.05) is 5.56 Å². The molecule has 1 N–H and O–H groups in total. The standard InChI is InChI=1S/C19H23NO2/c1-12-9-14(3)18(10-13(12)2)15(4)20-19(21)16-7-6-8-17(11-16)22-5/h6-11,15H,1-5H3,(H,20,21)/t15-/m1/s1. The first-order valence-electron chi connectivity index (χ1n) is 7.45. The van der Waals surface area contributed by atoms with Crippen LogP contribution in [-0.4, -0.2) is 13.0 Å². The fourth-order valence-electron chi connectivity index (χ4n) is 2.57. The molecule has 2 aromatic rings. The molecular formula is C19H23NO2. The second-order valence-electron chi connectivity index (χ2n) is 5.72. The van der Waals surface area contributed by atoms with E-state index in [0.717, 1.165) is 5.56 Å². The first-order chi connectivity index (χ1) is 10.4. The van der Waals surface area contributed by atoms with Crippen molar-refractivity contribution in [3.05, 3.63) is 64.2 Å². The van der Waals surface area contributed by atoms with E-state index >= 15 is 0 Å². The molecule has 0 saturated carbocycles. The summed E-state index contributed by atoms with van der Waals surface area (Å²) in [6, 6.07) is 11.5. The van der Waals surface area contributed by atoms with Crippen LogP contribution in [0.15, 0.2) is 36.4 Å². The van der Waals surface area contributed by atoms with Crippen molar-refractivity contribution in [3.8, 4) is 5.75 Å². The van der Waals surface area contributed by atoms with E-state index in [1.165, 1.54) is 16.7 Å². The highest BCUT2D eigenvalue weighted by Crippen LogP contribution is 2.22. The van der Waals surface area contributed by atoms with Crippen molar-refractivity contribution < 1.29 is 9.53 Å². The molecular weight excluding hydrogens is 274 g/mol. The molecule has 0 aliphatic carbocycles. The molecule has 0 saturated heterocycles. The van der Waals surface area contributed by atoms with Gasteiger partial charge in [-0.25, -0.2) is 0 Å². The number of nitrogens with one attached hydrogen (secondary N) is 1. The molecule has 3 heteroatoms. The SMILES string of the molecule is COc1cccc(C(=O)N[C@H](C)c2cc(C)c(C)cc2C)c1. The molecule has 2 aromatic carbocycles. The Morgan fingerprint density at radius 1 is 1.05 bits per heavy atom. The molecule has 3 nitrogen and oxygen atoms in total. The van der Waals surface area contributed by atoms with Crippen molar-refractivity contribution in [1.82, 2.24) is 5.32 Å². The highest BCUT2D eigenvalue weighted by atomic mass is 16.5. The maximum Gasteiger partial charge on any atom is 0.251 e. The molecule has 0 fully saturated rings. The third-order valence-corrected chi connectivity index (χ3v) is 4.03. The molecule has 0 radical (unpaired) electrons. The number of carbonyl (C=O) groups excluding carboxylic acids is 1. The fourth-order valence-corrected chi connectivity index (χ4v) is 2.57. The van der Waals surface area contributed by atoms with Gasteiger partial charge in [-0.15, -0.1) is 0 Å². The Bertz CT molecular complexity index is 692. The molecule has 0 aliphatic rings. The summed E-state index contributed by atoms with van der Waals surface area (Å²) in [6.45, 7) is 8.28. The maximum atomic E-state index is 12.4. The molecule has 0 heterocycles. The Balaban J connectivity index is 2.19. The van der Waals surface area contributed by atoms with Crippen LogP contribution in [0.3, 0.4) is 0 Å². The minimum Gasteiger partial charge on any atom is -0.497 e. The van der Waals surface area contributed by atoms with Crippen LogP contribution in [0.1, 0.15) is 45.6 Å². The predicted octanol–water partition coefficient (Wildman–Crippen LogP) is 4.11. The number of benzene rings is 2. The predicted molar refractivity (Wildman–Crippen MR) is 89.5 cm³/mol. The van der Waals surface area contributed by atoms with Gasteiger partial charge in [0.25, 0.3) is 5.91 Å². The second kappa shape index (κ2) is 6.65. The number of hydrogen-bond donors (Lipinski definition) is 1. The number of aryl methyl sites for hydroxylation is 3. The van der Waals surface area contributed by atoms with Crippen molar-refractivity contribution in [2.45, 2.75) is 33.7 Å². The Labute approximate surface area is 132 Å². The summed E-state index contributed by atoms with van der Waals surface area (Å²) in [5, 5.41) is 3.06. The van der Waals surface area contributed by atoms with Crippen molar-refractivity contribution in [3.63, 3.8) is 0 Å². The summed E-state index contributed by atoms with van der Waals surface area (Å²) in [5.74, 6) is 0.590. The Morgan fingerprint density at radius 2 is 1.73 bits per heavy atom. The number of carbonyl (C=O) groups is 1. The van der Waals surface area contributed by atoms with Gasteiger partial charge in [0.05, 0.1) is 13.2 Å². The molecule has 1 amide bonds. The number of rotatable bonds is 4. The first kappa shape index (κ1) is 16.1. The van der Waals surface area contributed by atoms with Gasteiger partial charge in [-0.1, -0.05) is 18.2 Å². The van der Waals surface area contributed by atoms with Gasteiger partial charge in [-0.2, -0.15) is 0 Å². The van der Waals surface area contributed by atoms with E-state index in [2.05, 4.69) is 38.2 Å². The van der Waals surface area contributed by atoms with Crippen LogP contribution in [0.25, 0.3) is 0 Å². The monoisotopic (exact) mass is 297 g/mol. The molecule has 116 valence electrons. The number of amides is 1. The minimum absolute atomic E-state index is 0.0435. The molecule has 0 spiro atoms. The van der Waals surface area contributed by atoms with Crippen LogP contribution >= 0.6 is 0 Å². The Kier molecular flexibility index (Phi) is 4.86. The topological polar surface area (TPSA) is 38.3 Å². The van der Waals surface area contributed by atoms with Gasteiger partial charge in [-0.3, -0.25) is 4.79 Å². The van der Waals surface area contributed by atoms with Crippen molar-refractivity contribution in [1.29, 1.82) is 0 Å². The number of methoxy groups -OCH3 is 1. The summed E-state index contributed by atoms with van der Waals surface area (Å²) in [4.78, 5) is 12.4. The lowest BCUT2D eigenvalue weighted by Gasteiger charge is -2.18. The maximum absolute atomic E-state index is 12.4. The summed E-state index contributed by atoms with van der Waals surface area (Å²) < 4.78 is 5.16. The van der Waals surface area contributed by atoms with Crippen LogP contribution in [0.4, 0.5) is 0 Å². The van der Waals surface area contributed by atoms with Crippen LogP contribution in [0.2, 0.25) is 0 Å². The largest absolute Gasteiger partial charge is 0.497 e. The molecule has 22 heavy (non-hydrogen) atoms. The third kappa shape index (κ3) is 3.48. The zero-order chi connectivity index (χ0) is 16.3. The highest BCUT2D eigenvalue weighted by molar-refractivity contribution is 5.94. The lowest BCUT2D eigenvalue weighted by molar-refractivity contribution is 0.0939. The third-order valence-electron chi connectivity index (χ3n) is 4.03. The molecule has 1 atom stereocenters.